The quantitative estimate of drug-likeness (QED) is 0.549. The molecular weight excluding hydrogens is 208 g/mol. The van der Waals surface area contributed by atoms with E-state index in [0.717, 1.165) is 12.0 Å². The van der Waals surface area contributed by atoms with E-state index in [2.05, 4.69) is 6.08 Å². The Bertz CT molecular complexity index is 359. The van der Waals surface area contributed by atoms with E-state index in [0.29, 0.717) is 11.4 Å². The minimum Gasteiger partial charge on any atom is -0.294 e. The van der Waals surface area contributed by atoms with Gasteiger partial charge in [0.15, 0.2) is 5.78 Å². The van der Waals surface area contributed by atoms with Gasteiger partial charge < -0.3 is 0 Å². The van der Waals surface area contributed by atoms with Gasteiger partial charge in [-0.1, -0.05) is 23.3 Å². The van der Waals surface area contributed by atoms with E-state index in [1.165, 1.54) is 5.57 Å². The van der Waals surface area contributed by atoms with Crippen molar-refractivity contribution in [2.24, 2.45) is 0 Å². The molecule has 0 unspecified atom stereocenters. The smallest absolute Gasteiger partial charge is 0.163 e. The third kappa shape index (κ3) is 4.30. The molecule has 0 saturated heterocycles. The molecule has 1 rings (SSSR count). The highest BCUT2D eigenvalue weighted by Crippen LogP contribution is 2.12. The molecule has 0 aromatic heterocycles. The van der Waals surface area contributed by atoms with E-state index >= 15 is 0 Å². The first-order chi connectivity index (χ1) is 7.09. The summed E-state index contributed by atoms with van der Waals surface area (Å²) in [5, 5.41) is 0.663. The van der Waals surface area contributed by atoms with Gasteiger partial charge in [0.1, 0.15) is 0 Å². The maximum Gasteiger partial charge on any atom is 0.163 e. The molecule has 0 saturated carbocycles. The lowest BCUT2D eigenvalue weighted by Crippen LogP contribution is -1.97. The SMILES string of the molecule is CC(C)=CCCC(=O)c1ccc(Cl)cc1. The van der Waals surface area contributed by atoms with Crippen LogP contribution in [0.4, 0.5) is 0 Å². The molecule has 1 aromatic carbocycles. The zero-order valence-corrected chi connectivity index (χ0v) is 9.84. The van der Waals surface area contributed by atoms with Gasteiger partial charge in [-0.05, 0) is 44.5 Å². The topological polar surface area (TPSA) is 17.1 Å². The van der Waals surface area contributed by atoms with Crippen molar-refractivity contribution in [2.45, 2.75) is 26.7 Å². The van der Waals surface area contributed by atoms with Gasteiger partial charge in [0.2, 0.25) is 0 Å². The van der Waals surface area contributed by atoms with Crippen LogP contribution in [0.5, 0.6) is 0 Å². The van der Waals surface area contributed by atoms with Crippen molar-refractivity contribution in [1.82, 2.24) is 0 Å². The Hall–Kier alpha value is -1.08. The molecule has 0 radical (unpaired) electrons. The Labute approximate surface area is 95.8 Å². The van der Waals surface area contributed by atoms with Crippen molar-refractivity contribution in [3.05, 3.63) is 46.5 Å². The van der Waals surface area contributed by atoms with Crippen LogP contribution in [-0.4, -0.2) is 5.78 Å². The van der Waals surface area contributed by atoms with Gasteiger partial charge in [-0.2, -0.15) is 0 Å². The summed E-state index contributed by atoms with van der Waals surface area (Å²) in [5.41, 5.74) is 1.99. The van der Waals surface area contributed by atoms with Crippen LogP contribution in [0.15, 0.2) is 35.9 Å². The van der Waals surface area contributed by atoms with Crippen LogP contribution in [-0.2, 0) is 0 Å². The van der Waals surface area contributed by atoms with Crippen molar-refractivity contribution >= 4 is 17.4 Å². The molecule has 0 N–H and O–H groups in total. The third-order valence-corrected chi connectivity index (χ3v) is 2.34. The summed E-state index contributed by atoms with van der Waals surface area (Å²) in [6.07, 6.45) is 3.45. The molecule has 0 aliphatic rings. The fraction of sp³-hybridized carbons (Fsp3) is 0.308. The summed E-state index contributed by atoms with van der Waals surface area (Å²) in [7, 11) is 0. The lowest BCUT2D eigenvalue weighted by Gasteiger charge is -1.99. The van der Waals surface area contributed by atoms with Crippen LogP contribution < -0.4 is 0 Å². The molecular formula is C13H15ClO. The Morgan fingerprint density at radius 1 is 1.27 bits per heavy atom. The maximum absolute atomic E-state index is 11.7. The molecule has 0 aliphatic heterocycles. The maximum atomic E-state index is 11.7. The summed E-state index contributed by atoms with van der Waals surface area (Å²) in [4.78, 5) is 11.7. The Morgan fingerprint density at radius 3 is 2.40 bits per heavy atom. The standard InChI is InChI=1S/C13H15ClO/c1-10(2)4-3-5-13(15)11-6-8-12(14)9-7-11/h4,6-9H,3,5H2,1-2H3. The second-order valence-corrected chi connectivity index (χ2v) is 4.19. The molecule has 0 spiro atoms. The molecule has 0 amide bonds. The number of benzene rings is 1. The predicted octanol–water partition coefficient (Wildman–Crippen LogP) is 4.27. The lowest BCUT2D eigenvalue weighted by molar-refractivity contribution is 0.0983. The van der Waals surface area contributed by atoms with Gasteiger partial charge in [0, 0.05) is 17.0 Å². The molecule has 2 heteroatoms. The minimum absolute atomic E-state index is 0.171. The van der Waals surface area contributed by atoms with Gasteiger partial charge in [-0.25, -0.2) is 0 Å². The van der Waals surface area contributed by atoms with Crippen LogP contribution in [0.2, 0.25) is 5.02 Å². The fourth-order valence-electron chi connectivity index (χ4n) is 1.27. The number of carbonyl (C=O) groups excluding carboxylic acids is 1. The molecule has 15 heavy (non-hydrogen) atoms. The van der Waals surface area contributed by atoms with Crippen LogP contribution in [0, 0.1) is 0 Å². The minimum atomic E-state index is 0.171. The van der Waals surface area contributed by atoms with E-state index in [1.54, 1.807) is 24.3 Å². The number of rotatable bonds is 4. The Balaban J connectivity index is 2.54. The number of allylic oxidation sites excluding steroid dienone is 2. The van der Waals surface area contributed by atoms with Crippen LogP contribution >= 0.6 is 11.6 Å². The summed E-state index contributed by atoms with van der Waals surface area (Å²) in [6.45, 7) is 4.07. The van der Waals surface area contributed by atoms with Crippen molar-refractivity contribution in [2.75, 3.05) is 0 Å². The predicted molar refractivity (Wildman–Crippen MR) is 64.4 cm³/mol. The fourth-order valence-corrected chi connectivity index (χ4v) is 1.40. The van der Waals surface area contributed by atoms with Crippen molar-refractivity contribution in [3.8, 4) is 0 Å². The number of hydrogen-bond acceptors (Lipinski definition) is 1. The molecule has 80 valence electrons. The Morgan fingerprint density at radius 2 is 1.87 bits per heavy atom. The molecule has 1 aromatic rings. The van der Waals surface area contributed by atoms with E-state index in [9.17, 15) is 4.79 Å². The molecule has 0 fully saturated rings. The van der Waals surface area contributed by atoms with Gasteiger partial charge in [0.05, 0.1) is 0 Å². The van der Waals surface area contributed by atoms with Gasteiger partial charge in [-0.15, -0.1) is 0 Å². The normalized spacial score (nSPS) is 9.80. The first-order valence-electron chi connectivity index (χ1n) is 5.01. The number of halogens is 1. The molecule has 0 bridgehead atoms. The van der Waals surface area contributed by atoms with Crippen molar-refractivity contribution < 1.29 is 4.79 Å². The number of carbonyl (C=O) groups is 1. The van der Waals surface area contributed by atoms with Gasteiger partial charge in [0.25, 0.3) is 0 Å². The van der Waals surface area contributed by atoms with E-state index in [4.69, 9.17) is 11.6 Å². The molecule has 0 heterocycles. The lowest BCUT2D eigenvalue weighted by atomic mass is 10.1. The molecule has 1 nitrogen and oxygen atoms in total. The van der Waals surface area contributed by atoms with E-state index in [1.807, 2.05) is 13.8 Å². The summed E-state index contributed by atoms with van der Waals surface area (Å²) >= 11 is 5.74. The van der Waals surface area contributed by atoms with Crippen LogP contribution in [0.3, 0.4) is 0 Å². The number of Topliss-reactive ketones (excluding diaryl/α,β-unsaturated/α-hetero) is 1. The summed E-state index contributed by atoms with van der Waals surface area (Å²) < 4.78 is 0. The first kappa shape index (κ1) is 12.0. The average molecular weight is 223 g/mol. The second kappa shape index (κ2) is 5.72. The van der Waals surface area contributed by atoms with Crippen molar-refractivity contribution in [1.29, 1.82) is 0 Å². The highest BCUT2D eigenvalue weighted by molar-refractivity contribution is 6.30. The van der Waals surface area contributed by atoms with Crippen LogP contribution in [0.1, 0.15) is 37.0 Å². The zero-order valence-electron chi connectivity index (χ0n) is 9.09. The molecule has 0 atom stereocenters. The van der Waals surface area contributed by atoms with E-state index < -0.39 is 0 Å². The number of hydrogen-bond donors (Lipinski definition) is 0. The molecule has 0 aliphatic carbocycles. The highest BCUT2D eigenvalue weighted by atomic mass is 35.5. The van der Waals surface area contributed by atoms with Gasteiger partial charge >= 0.3 is 0 Å². The van der Waals surface area contributed by atoms with Crippen LogP contribution in [0.25, 0.3) is 0 Å². The summed E-state index contributed by atoms with van der Waals surface area (Å²) in [6, 6.07) is 7.03. The monoisotopic (exact) mass is 222 g/mol. The van der Waals surface area contributed by atoms with Gasteiger partial charge in [-0.3, -0.25) is 4.79 Å². The largest absolute Gasteiger partial charge is 0.294 e. The van der Waals surface area contributed by atoms with E-state index in [-0.39, 0.29) is 5.78 Å². The van der Waals surface area contributed by atoms with Crippen molar-refractivity contribution in [3.63, 3.8) is 0 Å². The number of ketones is 1. The third-order valence-electron chi connectivity index (χ3n) is 2.09. The highest BCUT2D eigenvalue weighted by Gasteiger charge is 2.03. The average Bonchev–Trinajstić information content (AvgIpc) is 2.18. The zero-order chi connectivity index (χ0) is 11.3. The Kier molecular flexibility index (Phi) is 4.57. The summed E-state index contributed by atoms with van der Waals surface area (Å²) in [5.74, 6) is 0.171. The second-order valence-electron chi connectivity index (χ2n) is 3.75. The first-order valence-corrected chi connectivity index (χ1v) is 5.39.